The lowest BCUT2D eigenvalue weighted by Crippen LogP contribution is -1.98. The molecule has 0 saturated heterocycles. The highest BCUT2D eigenvalue weighted by molar-refractivity contribution is 5.50. The van der Waals surface area contributed by atoms with Crippen molar-refractivity contribution in [3.63, 3.8) is 0 Å². The van der Waals surface area contributed by atoms with Crippen LogP contribution >= 0.6 is 0 Å². The highest BCUT2D eigenvalue weighted by atomic mass is 16.5. The first-order chi connectivity index (χ1) is 6.33. The van der Waals surface area contributed by atoms with E-state index in [0.717, 1.165) is 6.61 Å². The average Bonchev–Trinajstić information content (AvgIpc) is 2.18. The van der Waals surface area contributed by atoms with E-state index in [0.29, 0.717) is 23.5 Å². The molecule has 0 aliphatic heterocycles. The van der Waals surface area contributed by atoms with Gasteiger partial charge in [-0.05, 0) is 13.0 Å². The number of hydrogen-bond donors (Lipinski definition) is 1. The third kappa shape index (κ3) is 1.98. The number of nitrogens with zero attached hydrogens (tertiary/aromatic N) is 1. The normalized spacial score (nSPS) is 9.31. The van der Waals surface area contributed by atoms with Crippen LogP contribution in [0.3, 0.4) is 0 Å². The van der Waals surface area contributed by atoms with E-state index in [9.17, 15) is 0 Å². The molecule has 1 N–H and O–H groups in total. The standard InChI is InChI=1S/C10H10NO2/c1-2-13-10-8(6-11)4-3-5-9(10)7-12/h3-5,7,12H,2H2,1H3. The SMILES string of the molecule is CCOc1c(C#N)cccc1[CH]O. The average molecular weight is 176 g/mol. The Hall–Kier alpha value is -1.53. The number of nitriles is 1. The van der Waals surface area contributed by atoms with E-state index >= 15 is 0 Å². The maximum atomic E-state index is 8.85. The monoisotopic (exact) mass is 176 g/mol. The van der Waals surface area contributed by atoms with E-state index in [1.807, 2.05) is 13.0 Å². The fraction of sp³-hybridized carbons (Fsp3) is 0.200. The number of aliphatic hydroxyl groups excluding tert-OH is 1. The molecule has 0 heterocycles. The molecule has 0 aliphatic rings. The van der Waals surface area contributed by atoms with Gasteiger partial charge >= 0.3 is 0 Å². The fourth-order valence-corrected chi connectivity index (χ4v) is 1.05. The zero-order chi connectivity index (χ0) is 9.68. The lowest BCUT2D eigenvalue weighted by atomic mass is 10.1. The topological polar surface area (TPSA) is 53.2 Å². The molecular weight excluding hydrogens is 166 g/mol. The molecular formula is C10H10NO2. The van der Waals surface area contributed by atoms with E-state index in [1.165, 1.54) is 0 Å². The third-order valence-electron chi connectivity index (χ3n) is 1.59. The number of rotatable bonds is 3. The lowest BCUT2D eigenvalue weighted by Gasteiger charge is -2.08. The van der Waals surface area contributed by atoms with Crippen molar-refractivity contribution in [3.05, 3.63) is 35.9 Å². The Morgan fingerprint density at radius 2 is 2.38 bits per heavy atom. The molecule has 0 bridgehead atoms. The molecule has 0 amide bonds. The summed E-state index contributed by atoms with van der Waals surface area (Å²) in [4.78, 5) is 0. The van der Waals surface area contributed by atoms with Crippen molar-refractivity contribution in [2.75, 3.05) is 6.61 Å². The summed E-state index contributed by atoms with van der Waals surface area (Å²) in [6.07, 6.45) is 0. The third-order valence-corrected chi connectivity index (χ3v) is 1.59. The van der Waals surface area contributed by atoms with Crippen LogP contribution in [0.25, 0.3) is 0 Å². The Morgan fingerprint density at radius 3 is 2.92 bits per heavy atom. The molecule has 1 aromatic rings. The number of para-hydroxylation sites is 1. The van der Waals surface area contributed by atoms with Crippen molar-refractivity contribution in [2.45, 2.75) is 6.92 Å². The highest BCUT2D eigenvalue weighted by Gasteiger charge is 2.07. The largest absolute Gasteiger partial charge is 0.492 e. The number of hydrogen-bond acceptors (Lipinski definition) is 3. The predicted octanol–water partition coefficient (Wildman–Crippen LogP) is 1.84. The highest BCUT2D eigenvalue weighted by Crippen LogP contribution is 2.23. The maximum absolute atomic E-state index is 8.85. The minimum atomic E-state index is 0.435. The van der Waals surface area contributed by atoms with Gasteiger partial charge in [0.2, 0.25) is 0 Å². The first-order valence-electron chi connectivity index (χ1n) is 3.96. The van der Waals surface area contributed by atoms with Crippen LogP contribution in [0.1, 0.15) is 18.1 Å². The molecule has 3 nitrogen and oxygen atoms in total. The van der Waals surface area contributed by atoms with Gasteiger partial charge in [0, 0.05) is 5.56 Å². The van der Waals surface area contributed by atoms with E-state index < -0.39 is 0 Å². The second kappa shape index (κ2) is 4.48. The van der Waals surface area contributed by atoms with Gasteiger partial charge in [-0.15, -0.1) is 0 Å². The van der Waals surface area contributed by atoms with Crippen LogP contribution in [0.5, 0.6) is 5.75 Å². The second-order valence-corrected chi connectivity index (χ2v) is 2.40. The molecule has 13 heavy (non-hydrogen) atoms. The Labute approximate surface area is 77.2 Å². The Kier molecular flexibility index (Phi) is 3.30. The van der Waals surface area contributed by atoms with E-state index in [1.54, 1.807) is 18.2 Å². The van der Waals surface area contributed by atoms with Crippen molar-refractivity contribution >= 4 is 0 Å². The molecule has 0 saturated carbocycles. The number of aliphatic hydroxyl groups is 1. The van der Waals surface area contributed by atoms with Crippen molar-refractivity contribution in [1.29, 1.82) is 5.26 Å². The summed E-state index contributed by atoms with van der Waals surface area (Å²) in [5.74, 6) is 0.440. The van der Waals surface area contributed by atoms with Crippen LogP contribution in [0.15, 0.2) is 18.2 Å². The number of ether oxygens (including phenoxy) is 1. The predicted molar refractivity (Wildman–Crippen MR) is 47.7 cm³/mol. The quantitative estimate of drug-likeness (QED) is 0.764. The van der Waals surface area contributed by atoms with Crippen LogP contribution in [0.2, 0.25) is 0 Å². The van der Waals surface area contributed by atoms with Crippen LogP contribution in [0, 0.1) is 17.9 Å². The van der Waals surface area contributed by atoms with Gasteiger partial charge in [0.25, 0.3) is 0 Å². The van der Waals surface area contributed by atoms with Crippen LogP contribution < -0.4 is 4.74 Å². The van der Waals surface area contributed by atoms with Gasteiger partial charge in [-0.3, -0.25) is 0 Å². The molecule has 0 aromatic heterocycles. The zero-order valence-corrected chi connectivity index (χ0v) is 7.32. The van der Waals surface area contributed by atoms with Crippen molar-refractivity contribution in [1.82, 2.24) is 0 Å². The van der Waals surface area contributed by atoms with Crippen LogP contribution in [-0.4, -0.2) is 11.7 Å². The summed E-state index contributed by atoms with van der Waals surface area (Å²) >= 11 is 0. The molecule has 0 fully saturated rings. The maximum Gasteiger partial charge on any atom is 0.142 e. The summed E-state index contributed by atoms with van der Waals surface area (Å²) in [5, 5.41) is 17.6. The Bertz CT molecular complexity index is 328. The molecule has 0 aliphatic carbocycles. The van der Waals surface area contributed by atoms with E-state index in [-0.39, 0.29) is 0 Å². The second-order valence-electron chi connectivity index (χ2n) is 2.40. The molecule has 0 unspecified atom stereocenters. The van der Waals surface area contributed by atoms with Gasteiger partial charge in [-0.2, -0.15) is 5.26 Å². The lowest BCUT2D eigenvalue weighted by molar-refractivity contribution is 0.329. The minimum Gasteiger partial charge on any atom is -0.492 e. The summed E-state index contributed by atoms with van der Waals surface area (Å²) < 4.78 is 5.24. The number of benzene rings is 1. The van der Waals surface area contributed by atoms with Crippen molar-refractivity contribution < 1.29 is 9.84 Å². The molecule has 1 aromatic carbocycles. The minimum absolute atomic E-state index is 0.435. The smallest absolute Gasteiger partial charge is 0.142 e. The van der Waals surface area contributed by atoms with Crippen molar-refractivity contribution in [3.8, 4) is 11.8 Å². The Morgan fingerprint density at radius 1 is 1.62 bits per heavy atom. The van der Waals surface area contributed by atoms with Gasteiger partial charge in [-0.1, -0.05) is 12.1 Å². The summed E-state index contributed by atoms with van der Waals surface area (Å²) in [6.45, 7) is 3.24. The summed E-state index contributed by atoms with van der Waals surface area (Å²) in [5.41, 5.74) is 0.963. The molecule has 1 radical (unpaired) electrons. The first-order valence-corrected chi connectivity index (χ1v) is 3.96. The van der Waals surface area contributed by atoms with Gasteiger partial charge in [0.15, 0.2) is 0 Å². The van der Waals surface area contributed by atoms with E-state index in [2.05, 4.69) is 0 Å². The molecule has 3 heteroatoms. The summed E-state index contributed by atoms with van der Waals surface area (Å²) in [6, 6.07) is 7.03. The van der Waals surface area contributed by atoms with Gasteiger partial charge < -0.3 is 9.84 Å². The zero-order valence-electron chi connectivity index (χ0n) is 7.32. The molecule has 0 atom stereocenters. The first kappa shape index (κ1) is 9.56. The van der Waals surface area contributed by atoms with Crippen LogP contribution in [-0.2, 0) is 0 Å². The van der Waals surface area contributed by atoms with E-state index in [4.69, 9.17) is 15.1 Å². The molecule has 1 rings (SSSR count). The van der Waals surface area contributed by atoms with Gasteiger partial charge in [0.1, 0.15) is 18.4 Å². The molecule has 0 spiro atoms. The van der Waals surface area contributed by atoms with Crippen molar-refractivity contribution in [2.24, 2.45) is 0 Å². The fourth-order valence-electron chi connectivity index (χ4n) is 1.05. The Balaban J connectivity index is 3.15. The summed E-state index contributed by atoms with van der Waals surface area (Å²) in [7, 11) is 0. The van der Waals surface area contributed by atoms with Crippen LogP contribution in [0.4, 0.5) is 0 Å². The van der Waals surface area contributed by atoms with Gasteiger partial charge in [0.05, 0.1) is 12.2 Å². The van der Waals surface area contributed by atoms with Gasteiger partial charge in [-0.25, -0.2) is 0 Å². The molecule has 67 valence electrons.